The van der Waals surface area contributed by atoms with Crippen LogP contribution in [0, 0.1) is 0 Å². The van der Waals surface area contributed by atoms with Gasteiger partial charge in [-0.25, -0.2) is 0 Å². The standard InChI is InChI=1S/C10H13Cl/c1-2-3-7-10(11)8-5-4-6-9-10/h3-8H,2,9H2,1H3. The van der Waals surface area contributed by atoms with E-state index in [9.17, 15) is 0 Å². The summed E-state index contributed by atoms with van der Waals surface area (Å²) >= 11 is 6.23. The molecule has 0 N–H and O–H groups in total. The Kier molecular flexibility index (Phi) is 2.95. The van der Waals surface area contributed by atoms with Gasteiger partial charge in [-0.2, -0.15) is 0 Å². The van der Waals surface area contributed by atoms with E-state index in [1.54, 1.807) is 0 Å². The molecule has 0 bridgehead atoms. The van der Waals surface area contributed by atoms with Crippen molar-refractivity contribution < 1.29 is 0 Å². The molecule has 0 aromatic heterocycles. The van der Waals surface area contributed by atoms with Crippen LogP contribution in [0.3, 0.4) is 0 Å². The maximum Gasteiger partial charge on any atom is 0.0843 e. The van der Waals surface area contributed by atoms with Crippen molar-refractivity contribution in [2.45, 2.75) is 24.6 Å². The monoisotopic (exact) mass is 168 g/mol. The van der Waals surface area contributed by atoms with E-state index in [0.29, 0.717) is 0 Å². The van der Waals surface area contributed by atoms with Crippen molar-refractivity contribution in [3.05, 3.63) is 36.5 Å². The molecule has 1 aliphatic rings. The van der Waals surface area contributed by atoms with Crippen molar-refractivity contribution in [3.63, 3.8) is 0 Å². The zero-order valence-corrected chi connectivity index (χ0v) is 7.51. The number of hydrogen-bond donors (Lipinski definition) is 0. The number of alkyl halides is 1. The Balaban J connectivity index is 2.60. The molecule has 1 rings (SSSR count). The Labute approximate surface area is 73.3 Å². The van der Waals surface area contributed by atoms with Crippen LogP contribution in [0.2, 0.25) is 0 Å². The van der Waals surface area contributed by atoms with Crippen LogP contribution < -0.4 is 0 Å². The summed E-state index contributed by atoms with van der Waals surface area (Å²) in [5, 5.41) is 0. The second-order valence-corrected chi connectivity index (χ2v) is 3.43. The SMILES string of the molecule is CCC=CC1(Cl)C=CC=CC1. The zero-order chi connectivity index (χ0) is 8.16. The van der Waals surface area contributed by atoms with E-state index in [-0.39, 0.29) is 4.87 Å². The molecule has 0 aromatic carbocycles. The van der Waals surface area contributed by atoms with Crippen LogP contribution >= 0.6 is 11.6 Å². The minimum absolute atomic E-state index is 0.245. The molecule has 0 saturated heterocycles. The van der Waals surface area contributed by atoms with E-state index in [0.717, 1.165) is 12.8 Å². The van der Waals surface area contributed by atoms with Crippen LogP contribution in [0.15, 0.2) is 36.5 Å². The Bertz CT molecular complexity index is 201. The molecular weight excluding hydrogens is 156 g/mol. The Hall–Kier alpha value is -0.490. The van der Waals surface area contributed by atoms with Crippen molar-refractivity contribution in [2.75, 3.05) is 0 Å². The van der Waals surface area contributed by atoms with Crippen LogP contribution in [0.25, 0.3) is 0 Å². The van der Waals surface area contributed by atoms with E-state index < -0.39 is 0 Å². The summed E-state index contributed by atoms with van der Waals surface area (Å²) in [6.45, 7) is 2.11. The molecule has 0 aromatic rings. The van der Waals surface area contributed by atoms with Gasteiger partial charge in [0.15, 0.2) is 0 Å². The van der Waals surface area contributed by atoms with Crippen molar-refractivity contribution in [1.29, 1.82) is 0 Å². The lowest BCUT2D eigenvalue weighted by atomic mass is 9.99. The van der Waals surface area contributed by atoms with E-state index in [1.165, 1.54) is 0 Å². The molecule has 0 amide bonds. The lowest BCUT2D eigenvalue weighted by molar-refractivity contribution is 0.861. The fourth-order valence-corrected chi connectivity index (χ4v) is 1.30. The summed E-state index contributed by atoms with van der Waals surface area (Å²) in [6, 6.07) is 0. The molecule has 1 atom stereocenters. The highest BCUT2D eigenvalue weighted by Crippen LogP contribution is 2.26. The summed E-state index contributed by atoms with van der Waals surface area (Å²) in [5.41, 5.74) is 0. The average molecular weight is 169 g/mol. The van der Waals surface area contributed by atoms with Crippen molar-refractivity contribution in [2.24, 2.45) is 0 Å². The van der Waals surface area contributed by atoms with Crippen LogP contribution in [-0.4, -0.2) is 4.87 Å². The third-order valence-electron chi connectivity index (χ3n) is 1.68. The lowest BCUT2D eigenvalue weighted by Gasteiger charge is -2.18. The molecule has 1 aliphatic carbocycles. The van der Waals surface area contributed by atoms with E-state index >= 15 is 0 Å². The van der Waals surface area contributed by atoms with Gasteiger partial charge in [0, 0.05) is 0 Å². The summed E-state index contributed by atoms with van der Waals surface area (Å²) in [5.74, 6) is 0. The van der Waals surface area contributed by atoms with Gasteiger partial charge < -0.3 is 0 Å². The van der Waals surface area contributed by atoms with Crippen molar-refractivity contribution in [3.8, 4) is 0 Å². The lowest BCUT2D eigenvalue weighted by Crippen LogP contribution is -2.14. The third-order valence-corrected chi connectivity index (χ3v) is 2.09. The van der Waals surface area contributed by atoms with E-state index in [4.69, 9.17) is 11.6 Å². The second-order valence-electron chi connectivity index (χ2n) is 2.73. The molecule has 1 heteroatoms. The van der Waals surface area contributed by atoms with Crippen LogP contribution in [-0.2, 0) is 0 Å². The second kappa shape index (κ2) is 3.77. The smallest absolute Gasteiger partial charge is 0.0843 e. The first-order valence-corrected chi connectivity index (χ1v) is 4.35. The molecule has 1 unspecified atom stereocenters. The predicted octanol–water partition coefficient (Wildman–Crippen LogP) is 3.45. The number of rotatable bonds is 2. The Morgan fingerprint density at radius 1 is 1.55 bits per heavy atom. The molecule has 60 valence electrons. The molecule has 0 aliphatic heterocycles. The third kappa shape index (κ3) is 2.55. The Morgan fingerprint density at radius 3 is 2.91 bits per heavy atom. The quantitative estimate of drug-likeness (QED) is 0.438. The summed E-state index contributed by atoms with van der Waals surface area (Å²) in [7, 11) is 0. The minimum Gasteiger partial charge on any atom is -0.110 e. The zero-order valence-electron chi connectivity index (χ0n) is 6.76. The topological polar surface area (TPSA) is 0 Å². The van der Waals surface area contributed by atoms with Gasteiger partial charge in [-0.3, -0.25) is 0 Å². The van der Waals surface area contributed by atoms with Crippen LogP contribution in [0.4, 0.5) is 0 Å². The number of halogens is 1. The normalized spacial score (nSPS) is 30.0. The molecule has 0 spiro atoms. The fourth-order valence-electron chi connectivity index (χ4n) is 1.05. The molecule has 0 nitrogen and oxygen atoms in total. The first kappa shape index (κ1) is 8.61. The van der Waals surface area contributed by atoms with E-state index in [1.807, 2.05) is 18.2 Å². The van der Waals surface area contributed by atoms with Gasteiger partial charge in [0.2, 0.25) is 0 Å². The van der Waals surface area contributed by atoms with Gasteiger partial charge in [-0.05, 0) is 12.8 Å². The molecule has 0 saturated carbocycles. The summed E-state index contributed by atoms with van der Waals surface area (Å²) in [4.78, 5) is -0.245. The first-order valence-electron chi connectivity index (χ1n) is 3.98. The highest BCUT2D eigenvalue weighted by Gasteiger charge is 2.18. The van der Waals surface area contributed by atoms with Gasteiger partial charge in [0.1, 0.15) is 0 Å². The molecule has 11 heavy (non-hydrogen) atoms. The van der Waals surface area contributed by atoms with Crippen molar-refractivity contribution in [1.82, 2.24) is 0 Å². The Morgan fingerprint density at radius 2 is 2.36 bits per heavy atom. The maximum atomic E-state index is 6.23. The average Bonchev–Trinajstić information content (AvgIpc) is 2.03. The van der Waals surface area contributed by atoms with Crippen LogP contribution in [0.5, 0.6) is 0 Å². The number of allylic oxidation sites excluding steroid dienone is 6. The highest BCUT2D eigenvalue weighted by molar-refractivity contribution is 6.26. The minimum atomic E-state index is -0.245. The van der Waals surface area contributed by atoms with Gasteiger partial charge >= 0.3 is 0 Å². The van der Waals surface area contributed by atoms with Gasteiger partial charge in [-0.1, -0.05) is 43.4 Å². The van der Waals surface area contributed by atoms with Gasteiger partial charge in [0.05, 0.1) is 4.87 Å². The highest BCUT2D eigenvalue weighted by atomic mass is 35.5. The molecule has 0 fully saturated rings. The van der Waals surface area contributed by atoms with Gasteiger partial charge in [0.25, 0.3) is 0 Å². The van der Waals surface area contributed by atoms with E-state index in [2.05, 4.69) is 25.2 Å². The maximum absolute atomic E-state index is 6.23. The first-order chi connectivity index (χ1) is 5.27. The predicted molar refractivity (Wildman–Crippen MR) is 50.9 cm³/mol. The summed E-state index contributed by atoms with van der Waals surface area (Å²) in [6.07, 6.45) is 14.3. The number of hydrogen-bond acceptors (Lipinski definition) is 0. The molecule has 0 heterocycles. The molecular formula is C10H13Cl. The molecule has 0 radical (unpaired) electrons. The van der Waals surface area contributed by atoms with Crippen LogP contribution in [0.1, 0.15) is 19.8 Å². The van der Waals surface area contributed by atoms with Crippen molar-refractivity contribution >= 4 is 11.6 Å². The van der Waals surface area contributed by atoms with Gasteiger partial charge in [-0.15, -0.1) is 11.6 Å². The largest absolute Gasteiger partial charge is 0.110 e. The summed E-state index contributed by atoms with van der Waals surface area (Å²) < 4.78 is 0. The fraction of sp³-hybridized carbons (Fsp3) is 0.400.